The van der Waals surface area contributed by atoms with E-state index >= 15 is 0 Å². The Balaban J connectivity index is 2.30. The van der Waals surface area contributed by atoms with Crippen LogP contribution in [-0.4, -0.2) is 13.1 Å². The molecule has 1 aliphatic rings. The lowest BCUT2D eigenvalue weighted by Crippen LogP contribution is -2.32. The Morgan fingerprint density at radius 3 is 2.62 bits per heavy atom. The van der Waals surface area contributed by atoms with Gasteiger partial charge in [-0.15, -0.1) is 12.6 Å². The molecule has 0 saturated heterocycles. The van der Waals surface area contributed by atoms with E-state index < -0.39 is 0 Å². The smallest absolute Gasteiger partial charge is 0.0145 e. The zero-order valence-corrected chi connectivity index (χ0v) is 10.2. The van der Waals surface area contributed by atoms with E-state index in [9.17, 15) is 0 Å². The van der Waals surface area contributed by atoms with Crippen molar-refractivity contribution < 1.29 is 0 Å². The van der Waals surface area contributed by atoms with Crippen molar-refractivity contribution in [2.24, 2.45) is 0 Å². The third-order valence-electron chi connectivity index (χ3n) is 3.53. The van der Waals surface area contributed by atoms with Gasteiger partial charge < -0.3 is 5.32 Å². The summed E-state index contributed by atoms with van der Waals surface area (Å²) in [6.45, 7) is 0. The fourth-order valence-electron chi connectivity index (χ4n) is 2.69. The largest absolute Gasteiger partial charge is 0.316 e. The van der Waals surface area contributed by atoms with Gasteiger partial charge in [0.15, 0.2) is 0 Å². The first-order valence-electron chi connectivity index (χ1n) is 5.69. The van der Waals surface area contributed by atoms with E-state index in [0.717, 1.165) is 17.7 Å². The number of benzene rings is 2. The summed E-state index contributed by atoms with van der Waals surface area (Å²) in [6, 6.07) is 11.5. The Labute approximate surface area is 101 Å². The zero-order valence-electron chi connectivity index (χ0n) is 9.33. The average Bonchev–Trinajstić information content (AvgIpc) is 2.33. The van der Waals surface area contributed by atoms with Crippen LogP contribution in [0.15, 0.2) is 35.2 Å². The van der Waals surface area contributed by atoms with Gasteiger partial charge in [-0.1, -0.05) is 24.3 Å². The zero-order chi connectivity index (χ0) is 11.1. The Bertz CT molecular complexity index is 535. The molecular formula is C14H15NS. The van der Waals surface area contributed by atoms with Gasteiger partial charge in [0.05, 0.1) is 0 Å². The van der Waals surface area contributed by atoms with Crippen molar-refractivity contribution in [3.8, 4) is 0 Å². The van der Waals surface area contributed by atoms with Gasteiger partial charge in [-0.3, -0.25) is 0 Å². The molecule has 1 unspecified atom stereocenters. The minimum absolute atomic E-state index is 0.573. The molecule has 82 valence electrons. The van der Waals surface area contributed by atoms with Crippen LogP contribution < -0.4 is 5.32 Å². The molecule has 0 amide bonds. The monoisotopic (exact) mass is 229 g/mol. The van der Waals surface area contributed by atoms with E-state index in [1.54, 1.807) is 0 Å². The first kappa shape index (κ1) is 10.2. The molecule has 0 heterocycles. The predicted molar refractivity (Wildman–Crippen MR) is 71.5 cm³/mol. The quantitative estimate of drug-likeness (QED) is 0.717. The average molecular weight is 229 g/mol. The molecule has 0 aliphatic heterocycles. The van der Waals surface area contributed by atoms with Gasteiger partial charge >= 0.3 is 0 Å². The number of hydrogen-bond donors (Lipinski definition) is 2. The molecule has 0 radical (unpaired) electrons. The summed E-state index contributed by atoms with van der Waals surface area (Å²) < 4.78 is 0. The van der Waals surface area contributed by atoms with E-state index in [1.165, 1.54) is 21.9 Å². The SMILES string of the molecule is CNC1Cc2cccc3c(S)ccc(c23)C1. The minimum Gasteiger partial charge on any atom is -0.316 e. The van der Waals surface area contributed by atoms with Crippen LogP contribution in [0.3, 0.4) is 0 Å². The normalized spacial score (nSPS) is 19.0. The van der Waals surface area contributed by atoms with Crippen molar-refractivity contribution >= 4 is 23.4 Å². The Kier molecular flexibility index (Phi) is 2.41. The third kappa shape index (κ3) is 1.45. The van der Waals surface area contributed by atoms with Crippen LogP contribution in [0.5, 0.6) is 0 Å². The minimum atomic E-state index is 0.573. The van der Waals surface area contributed by atoms with Gasteiger partial charge in [0, 0.05) is 10.9 Å². The summed E-state index contributed by atoms with van der Waals surface area (Å²) in [4.78, 5) is 1.09. The molecule has 1 N–H and O–H groups in total. The van der Waals surface area contributed by atoms with Crippen molar-refractivity contribution in [2.45, 2.75) is 23.8 Å². The van der Waals surface area contributed by atoms with Gasteiger partial charge in [-0.05, 0) is 47.9 Å². The molecular weight excluding hydrogens is 214 g/mol. The second-order valence-corrected chi connectivity index (χ2v) is 4.96. The molecule has 0 saturated carbocycles. The van der Waals surface area contributed by atoms with Crippen molar-refractivity contribution in [1.82, 2.24) is 5.32 Å². The van der Waals surface area contributed by atoms with E-state index in [0.29, 0.717) is 6.04 Å². The number of likely N-dealkylation sites (N-methyl/N-ethyl adjacent to an activating group) is 1. The maximum Gasteiger partial charge on any atom is 0.0145 e. The lowest BCUT2D eigenvalue weighted by atomic mass is 9.86. The van der Waals surface area contributed by atoms with E-state index in [4.69, 9.17) is 0 Å². The first-order chi connectivity index (χ1) is 7.79. The van der Waals surface area contributed by atoms with Gasteiger partial charge in [0.1, 0.15) is 0 Å². The Morgan fingerprint density at radius 2 is 1.88 bits per heavy atom. The summed E-state index contributed by atoms with van der Waals surface area (Å²) in [7, 11) is 2.04. The molecule has 0 bridgehead atoms. The summed E-state index contributed by atoms with van der Waals surface area (Å²) in [6.07, 6.45) is 2.25. The molecule has 0 spiro atoms. The van der Waals surface area contributed by atoms with Gasteiger partial charge in [-0.2, -0.15) is 0 Å². The molecule has 1 atom stereocenters. The standard InChI is InChI=1S/C14H15NS/c1-15-11-7-9-3-2-4-12-13(16)6-5-10(8-11)14(9)12/h2-6,11,15-16H,7-8H2,1H3. The Hall–Kier alpha value is -0.990. The molecule has 1 aliphatic carbocycles. The van der Waals surface area contributed by atoms with E-state index in [2.05, 4.69) is 48.3 Å². The van der Waals surface area contributed by atoms with Crippen LogP contribution in [0.2, 0.25) is 0 Å². The van der Waals surface area contributed by atoms with E-state index in [-0.39, 0.29) is 0 Å². The van der Waals surface area contributed by atoms with Crippen LogP contribution >= 0.6 is 12.6 Å². The highest BCUT2D eigenvalue weighted by molar-refractivity contribution is 7.80. The molecule has 2 aromatic rings. The van der Waals surface area contributed by atoms with Crippen LogP contribution in [0.25, 0.3) is 10.8 Å². The maximum atomic E-state index is 4.54. The van der Waals surface area contributed by atoms with Crippen LogP contribution in [-0.2, 0) is 12.8 Å². The summed E-state index contributed by atoms with van der Waals surface area (Å²) in [5.74, 6) is 0. The first-order valence-corrected chi connectivity index (χ1v) is 6.14. The number of hydrogen-bond acceptors (Lipinski definition) is 2. The lowest BCUT2D eigenvalue weighted by Gasteiger charge is -2.25. The van der Waals surface area contributed by atoms with Crippen LogP contribution in [0.1, 0.15) is 11.1 Å². The van der Waals surface area contributed by atoms with Gasteiger partial charge in [0.25, 0.3) is 0 Å². The van der Waals surface area contributed by atoms with E-state index in [1.807, 2.05) is 7.05 Å². The summed E-state index contributed by atoms with van der Waals surface area (Å²) in [5, 5.41) is 6.11. The highest BCUT2D eigenvalue weighted by Gasteiger charge is 2.19. The van der Waals surface area contributed by atoms with Gasteiger partial charge in [-0.25, -0.2) is 0 Å². The highest BCUT2D eigenvalue weighted by Crippen LogP contribution is 2.33. The second-order valence-electron chi connectivity index (χ2n) is 4.48. The van der Waals surface area contributed by atoms with Crippen LogP contribution in [0, 0.1) is 0 Å². The number of rotatable bonds is 1. The number of nitrogens with one attached hydrogen (secondary N) is 1. The van der Waals surface area contributed by atoms with Crippen molar-refractivity contribution in [2.75, 3.05) is 7.05 Å². The number of thiol groups is 1. The van der Waals surface area contributed by atoms with Crippen molar-refractivity contribution in [3.05, 3.63) is 41.5 Å². The summed E-state index contributed by atoms with van der Waals surface area (Å²) in [5.41, 5.74) is 2.91. The second kappa shape index (κ2) is 3.79. The van der Waals surface area contributed by atoms with Crippen LogP contribution in [0.4, 0.5) is 0 Å². The Morgan fingerprint density at radius 1 is 1.12 bits per heavy atom. The van der Waals surface area contributed by atoms with Crippen molar-refractivity contribution in [1.29, 1.82) is 0 Å². The lowest BCUT2D eigenvalue weighted by molar-refractivity contribution is 0.550. The fraction of sp³-hybridized carbons (Fsp3) is 0.286. The highest BCUT2D eigenvalue weighted by atomic mass is 32.1. The van der Waals surface area contributed by atoms with Gasteiger partial charge in [0.2, 0.25) is 0 Å². The predicted octanol–water partition coefficient (Wildman–Crippen LogP) is 2.82. The maximum absolute atomic E-state index is 4.54. The molecule has 0 fully saturated rings. The molecule has 1 nitrogen and oxygen atoms in total. The molecule has 0 aromatic heterocycles. The topological polar surface area (TPSA) is 12.0 Å². The summed E-state index contributed by atoms with van der Waals surface area (Å²) >= 11 is 4.54. The molecule has 3 rings (SSSR count). The van der Waals surface area contributed by atoms with Crippen molar-refractivity contribution in [3.63, 3.8) is 0 Å². The molecule has 2 aromatic carbocycles. The third-order valence-corrected chi connectivity index (χ3v) is 3.92. The molecule has 2 heteroatoms. The molecule has 16 heavy (non-hydrogen) atoms. The fourth-order valence-corrected chi connectivity index (χ4v) is 2.95.